The summed E-state index contributed by atoms with van der Waals surface area (Å²) in [5.74, 6) is 0.153. The highest BCUT2D eigenvalue weighted by atomic mass is 32.2. The number of carbonyl (C=O) groups is 1. The average molecular weight is 409 g/mol. The van der Waals surface area contributed by atoms with Crippen LogP contribution in [0.1, 0.15) is 18.1 Å². The Labute approximate surface area is 163 Å². The first-order chi connectivity index (χ1) is 12.8. The minimum Gasteiger partial charge on any atom is -0.493 e. The van der Waals surface area contributed by atoms with Gasteiger partial charge in [0.1, 0.15) is 5.75 Å². The van der Waals surface area contributed by atoms with Crippen LogP contribution in [0.3, 0.4) is 0 Å². The average Bonchev–Trinajstić information content (AvgIpc) is 2.90. The first-order valence-electron chi connectivity index (χ1n) is 7.98. The van der Waals surface area contributed by atoms with Crippen LogP contribution in [0, 0.1) is 0 Å². The minimum atomic E-state index is -4.50. The number of thiocarbonyl (C=S) groups is 1. The molecule has 0 unspecified atom stereocenters. The standard InChI is InChI=1S/C19H14F3NO2S2/c1-2-25-15-9-4-3-6-12(15)10-16-17(24)23(18(26)27-16)14-8-5-7-13(11-14)19(20,21)22/h3-11H,2H2,1H3/b16-10-. The van der Waals surface area contributed by atoms with Crippen LogP contribution >= 0.6 is 24.0 Å². The number of benzene rings is 2. The molecule has 1 heterocycles. The van der Waals surface area contributed by atoms with Crippen LogP contribution in [0.5, 0.6) is 5.75 Å². The second kappa shape index (κ2) is 7.74. The molecule has 0 atom stereocenters. The van der Waals surface area contributed by atoms with E-state index in [2.05, 4.69) is 0 Å². The second-order valence-corrected chi connectivity index (χ2v) is 7.21. The maximum atomic E-state index is 13.0. The Balaban J connectivity index is 1.95. The van der Waals surface area contributed by atoms with Crippen molar-refractivity contribution in [2.75, 3.05) is 11.5 Å². The third kappa shape index (κ3) is 4.17. The quantitative estimate of drug-likeness (QED) is 0.492. The van der Waals surface area contributed by atoms with Crippen LogP contribution in [0.4, 0.5) is 18.9 Å². The Hall–Kier alpha value is -2.32. The van der Waals surface area contributed by atoms with Gasteiger partial charge < -0.3 is 4.74 Å². The van der Waals surface area contributed by atoms with Crippen molar-refractivity contribution in [3.63, 3.8) is 0 Å². The van der Waals surface area contributed by atoms with E-state index in [1.165, 1.54) is 12.1 Å². The number of anilines is 1. The predicted octanol–water partition coefficient (Wildman–Crippen LogP) is 5.51. The lowest BCUT2D eigenvalue weighted by Crippen LogP contribution is -2.27. The highest BCUT2D eigenvalue weighted by molar-refractivity contribution is 8.27. The molecule has 1 saturated heterocycles. The summed E-state index contributed by atoms with van der Waals surface area (Å²) in [5.41, 5.74) is -0.0440. The number of alkyl halides is 3. The molecule has 2 aromatic rings. The molecule has 0 bridgehead atoms. The monoisotopic (exact) mass is 409 g/mol. The van der Waals surface area contributed by atoms with Gasteiger partial charge in [-0.3, -0.25) is 9.69 Å². The fourth-order valence-corrected chi connectivity index (χ4v) is 3.83. The van der Waals surface area contributed by atoms with Crippen molar-refractivity contribution in [2.24, 2.45) is 0 Å². The van der Waals surface area contributed by atoms with Gasteiger partial charge in [-0.2, -0.15) is 13.2 Å². The van der Waals surface area contributed by atoms with E-state index in [9.17, 15) is 18.0 Å². The Morgan fingerprint density at radius 1 is 1.19 bits per heavy atom. The van der Waals surface area contributed by atoms with E-state index in [0.29, 0.717) is 22.8 Å². The molecule has 8 heteroatoms. The van der Waals surface area contributed by atoms with Crippen LogP contribution in [0.25, 0.3) is 6.08 Å². The van der Waals surface area contributed by atoms with Gasteiger partial charge in [0.2, 0.25) is 0 Å². The maximum Gasteiger partial charge on any atom is 0.416 e. The predicted molar refractivity (Wildman–Crippen MR) is 105 cm³/mol. The zero-order valence-corrected chi connectivity index (χ0v) is 15.8. The van der Waals surface area contributed by atoms with Gasteiger partial charge in [0.15, 0.2) is 4.32 Å². The van der Waals surface area contributed by atoms with Crippen molar-refractivity contribution in [2.45, 2.75) is 13.1 Å². The SMILES string of the molecule is CCOc1ccccc1/C=C1\SC(=S)N(c2cccc(C(F)(F)F)c2)C1=O. The summed E-state index contributed by atoms with van der Waals surface area (Å²) in [5, 5.41) is 0. The van der Waals surface area contributed by atoms with Crippen LogP contribution < -0.4 is 9.64 Å². The Bertz CT molecular complexity index is 925. The van der Waals surface area contributed by atoms with Crippen molar-refractivity contribution in [1.82, 2.24) is 0 Å². The van der Waals surface area contributed by atoms with Crippen molar-refractivity contribution >= 4 is 46.0 Å². The van der Waals surface area contributed by atoms with Crippen LogP contribution in [0.15, 0.2) is 53.4 Å². The lowest BCUT2D eigenvalue weighted by molar-refractivity contribution is -0.137. The number of amides is 1. The van der Waals surface area contributed by atoms with E-state index in [1.807, 2.05) is 19.1 Å². The van der Waals surface area contributed by atoms with Crippen molar-refractivity contribution < 1.29 is 22.7 Å². The number of rotatable bonds is 4. The van der Waals surface area contributed by atoms with E-state index in [-0.39, 0.29) is 10.0 Å². The molecule has 0 aromatic heterocycles. The largest absolute Gasteiger partial charge is 0.493 e. The summed E-state index contributed by atoms with van der Waals surface area (Å²) in [6, 6.07) is 11.8. The molecule has 3 nitrogen and oxygen atoms in total. The Morgan fingerprint density at radius 3 is 2.63 bits per heavy atom. The first-order valence-corrected chi connectivity index (χ1v) is 9.20. The number of para-hydroxylation sites is 1. The minimum absolute atomic E-state index is 0.0915. The van der Waals surface area contributed by atoms with Gasteiger partial charge in [0.05, 0.1) is 22.8 Å². The molecule has 0 N–H and O–H groups in total. The number of hydrogen-bond acceptors (Lipinski definition) is 4. The summed E-state index contributed by atoms with van der Waals surface area (Å²) in [6.45, 7) is 2.32. The van der Waals surface area contributed by atoms with Gasteiger partial charge in [-0.25, -0.2) is 0 Å². The summed E-state index contributed by atoms with van der Waals surface area (Å²) >= 11 is 6.27. The number of carbonyl (C=O) groups excluding carboxylic acids is 1. The molecule has 0 spiro atoms. The number of hydrogen-bond donors (Lipinski definition) is 0. The van der Waals surface area contributed by atoms with Gasteiger partial charge in [0.25, 0.3) is 5.91 Å². The topological polar surface area (TPSA) is 29.5 Å². The molecule has 140 valence electrons. The molecule has 0 saturated carbocycles. The number of ether oxygens (including phenoxy) is 1. The smallest absolute Gasteiger partial charge is 0.416 e. The van der Waals surface area contributed by atoms with Gasteiger partial charge in [-0.1, -0.05) is 48.2 Å². The molecule has 27 heavy (non-hydrogen) atoms. The zero-order chi connectivity index (χ0) is 19.6. The lowest BCUT2D eigenvalue weighted by atomic mass is 10.1. The molecule has 0 radical (unpaired) electrons. The molecule has 3 rings (SSSR count). The van der Waals surface area contributed by atoms with Gasteiger partial charge >= 0.3 is 6.18 Å². The molecule has 1 aliphatic rings. The Morgan fingerprint density at radius 2 is 1.93 bits per heavy atom. The number of thioether (sulfide) groups is 1. The second-order valence-electron chi connectivity index (χ2n) is 5.54. The molecule has 2 aromatic carbocycles. The van der Waals surface area contributed by atoms with E-state index in [4.69, 9.17) is 17.0 Å². The fourth-order valence-electron chi connectivity index (χ4n) is 2.54. The van der Waals surface area contributed by atoms with Crippen molar-refractivity contribution in [3.8, 4) is 5.75 Å². The van der Waals surface area contributed by atoms with E-state index in [0.717, 1.165) is 28.8 Å². The van der Waals surface area contributed by atoms with Crippen LogP contribution in [-0.4, -0.2) is 16.8 Å². The van der Waals surface area contributed by atoms with Gasteiger partial charge in [-0.05, 0) is 37.3 Å². The fraction of sp³-hybridized carbons (Fsp3) is 0.158. The maximum absolute atomic E-state index is 13.0. The Kier molecular flexibility index (Phi) is 5.57. The van der Waals surface area contributed by atoms with Crippen molar-refractivity contribution in [1.29, 1.82) is 0 Å². The molecular weight excluding hydrogens is 395 g/mol. The van der Waals surface area contributed by atoms with Crippen LogP contribution in [-0.2, 0) is 11.0 Å². The summed E-state index contributed by atoms with van der Waals surface area (Å²) in [7, 11) is 0. The van der Waals surface area contributed by atoms with E-state index >= 15 is 0 Å². The molecule has 1 amide bonds. The lowest BCUT2D eigenvalue weighted by Gasteiger charge is -2.16. The van der Waals surface area contributed by atoms with Gasteiger partial charge in [0, 0.05) is 5.56 Å². The number of nitrogens with zero attached hydrogens (tertiary/aromatic N) is 1. The summed E-state index contributed by atoms with van der Waals surface area (Å²) < 4.78 is 44.6. The summed E-state index contributed by atoms with van der Waals surface area (Å²) in [6.07, 6.45) is -2.86. The normalized spacial score (nSPS) is 16.3. The first kappa shape index (κ1) is 19.4. The molecular formula is C19H14F3NO2S2. The number of halogens is 3. The van der Waals surface area contributed by atoms with Crippen LogP contribution in [0.2, 0.25) is 0 Å². The molecule has 1 aliphatic heterocycles. The third-order valence-corrected chi connectivity index (χ3v) is 5.03. The molecule has 0 aliphatic carbocycles. The van der Waals surface area contributed by atoms with Gasteiger partial charge in [-0.15, -0.1) is 0 Å². The van der Waals surface area contributed by atoms with E-state index in [1.54, 1.807) is 18.2 Å². The highest BCUT2D eigenvalue weighted by Gasteiger charge is 2.36. The van der Waals surface area contributed by atoms with E-state index < -0.39 is 17.6 Å². The third-order valence-electron chi connectivity index (χ3n) is 3.73. The summed E-state index contributed by atoms with van der Waals surface area (Å²) in [4.78, 5) is 14.2. The zero-order valence-electron chi connectivity index (χ0n) is 14.1. The molecule has 1 fully saturated rings. The highest BCUT2D eigenvalue weighted by Crippen LogP contribution is 2.39. The van der Waals surface area contributed by atoms with Crippen molar-refractivity contribution in [3.05, 3.63) is 64.6 Å².